The van der Waals surface area contributed by atoms with Gasteiger partial charge in [0.25, 0.3) is 0 Å². The van der Waals surface area contributed by atoms with Gasteiger partial charge in [-0.2, -0.15) is 0 Å². The van der Waals surface area contributed by atoms with Gasteiger partial charge in [0.05, 0.1) is 29.9 Å². The minimum Gasteiger partial charge on any atom is -0.494 e. The van der Waals surface area contributed by atoms with Gasteiger partial charge < -0.3 is 14.2 Å². The Labute approximate surface area is 232 Å². The number of rotatable bonds is 12. The van der Waals surface area contributed by atoms with E-state index in [1.165, 1.54) is 5.06 Å². The average molecular weight is 531 g/mol. The average Bonchev–Trinajstić information content (AvgIpc) is 3.20. The van der Waals surface area contributed by atoms with Crippen LogP contribution < -0.4 is 14.2 Å². The largest absolute Gasteiger partial charge is 0.494 e. The normalized spacial score (nSPS) is 21.1. The van der Waals surface area contributed by atoms with Gasteiger partial charge >= 0.3 is 5.97 Å². The summed E-state index contributed by atoms with van der Waals surface area (Å²) in [6, 6.07) is 22.2. The van der Waals surface area contributed by atoms with Crippen molar-refractivity contribution in [1.29, 1.82) is 0 Å². The molecule has 0 aliphatic carbocycles. The van der Waals surface area contributed by atoms with E-state index in [-0.39, 0.29) is 0 Å². The van der Waals surface area contributed by atoms with Crippen molar-refractivity contribution in [2.75, 3.05) is 13.2 Å². The fourth-order valence-corrected chi connectivity index (χ4v) is 5.07. The molecule has 0 amide bonds. The number of esters is 1. The molecule has 1 radical (unpaired) electrons. The summed E-state index contributed by atoms with van der Waals surface area (Å²) in [6.07, 6.45) is 5.61. The molecule has 1 aliphatic heterocycles. The van der Waals surface area contributed by atoms with Gasteiger partial charge in [0.1, 0.15) is 17.2 Å². The Morgan fingerprint density at radius 3 is 1.56 bits per heavy atom. The van der Waals surface area contributed by atoms with Crippen LogP contribution in [0.1, 0.15) is 87.7 Å². The second-order valence-corrected chi connectivity index (χ2v) is 10.7. The number of hydrogen-bond acceptors (Lipinski definition) is 5. The van der Waals surface area contributed by atoms with Crippen molar-refractivity contribution < 1.29 is 24.2 Å². The third-order valence-corrected chi connectivity index (χ3v) is 7.78. The number of ether oxygens (including phenoxy) is 3. The lowest BCUT2D eigenvalue weighted by atomic mass is 9.89. The molecule has 1 saturated heterocycles. The Bertz CT molecular complexity index is 1210. The standard InChI is InChI=1S/C33H40NO5/c1-5-7-23-37-28-15-13-27(14-16-28)33(4)22-21-32(3,34(33)36)26-11-9-25(10-12-26)31(35)39-30-19-17-29(18-20-30)38-24-8-6-2/h9-20H,5-8,21-24H2,1-4H3/t32-,33-/m0/s1. The molecule has 1 aliphatic rings. The molecule has 3 aromatic carbocycles. The lowest BCUT2D eigenvalue weighted by molar-refractivity contribution is -0.260. The first kappa shape index (κ1) is 28.7. The Kier molecular flexibility index (Phi) is 9.31. The Balaban J connectivity index is 1.40. The summed E-state index contributed by atoms with van der Waals surface area (Å²) >= 11 is 0. The zero-order valence-corrected chi connectivity index (χ0v) is 23.6. The zero-order valence-electron chi connectivity index (χ0n) is 23.6. The van der Waals surface area contributed by atoms with Gasteiger partial charge in [-0.15, -0.1) is 10.3 Å². The third-order valence-electron chi connectivity index (χ3n) is 7.78. The molecule has 0 spiro atoms. The fourth-order valence-electron chi connectivity index (χ4n) is 5.07. The molecule has 207 valence electrons. The van der Waals surface area contributed by atoms with Crippen molar-refractivity contribution >= 4 is 5.97 Å². The maximum Gasteiger partial charge on any atom is 0.343 e. The Hall–Kier alpha value is -3.35. The van der Waals surface area contributed by atoms with Crippen LogP contribution in [0.15, 0.2) is 72.8 Å². The number of carbonyl (C=O) groups is 1. The minimum atomic E-state index is -0.707. The van der Waals surface area contributed by atoms with Gasteiger partial charge in [-0.25, -0.2) is 4.79 Å². The van der Waals surface area contributed by atoms with E-state index in [0.29, 0.717) is 30.9 Å². The Morgan fingerprint density at radius 2 is 1.10 bits per heavy atom. The predicted octanol–water partition coefficient (Wildman–Crippen LogP) is 7.84. The van der Waals surface area contributed by atoms with Crippen molar-refractivity contribution in [3.63, 3.8) is 0 Å². The van der Waals surface area contributed by atoms with Gasteiger partial charge in [-0.3, -0.25) is 0 Å². The van der Waals surface area contributed by atoms with Crippen LogP contribution in [0, 0.1) is 0 Å². The van der Waals surface area contributed by atoms with Crippen molar-refractivity contribution in [3.8, 4) is 17.2 Å². The van der Waals surface area contributed by atoms with Gasteiger partial charge in [0, 0.05) is 0 Å². The van der Waals surface area contributed by atoms with E-state index in [0.717, 1.165) is 54.7 Å². The summed E-state index contributed by atoms with van der Waals surface area (Å²) in [5.41, 5.74) is 0.932. The predicted molar refractivity (Wildman–Crippen MR) is 152 cm³/mol. The fraction of sp³-hybridized carbons (Fsp3) is 0.424. The molecule has 3 aromatic rings. The van der Waals surface area contributed by atoms with E-state index < -0.39 is 17.0 Å². The summed E-state index contributed by atoms with van der Waals surface area (Å²) in [5, 5.41) is 15.0. The van der Waals surface area contributed by atoms with Crippen LogP contribution in [0.4, 0.5) is 0 Å². The Morgan fingerprint density at radius 1 is 0.692 bits per heavy atom. The highest BCUT2D eigenvalue weighted by molar-refractivity contribution is 5.91. The van der Waals surface area contributed by atoms with Crippen molar-refractivity contribution in [2.45, 2.75) is 77.3 Å². The molecule has 0 aromatic heterocycles. The summed E-state index contributed by atoms with van der Waals surface area (Å²) in [5.74, 6) is 1.59. The lowest BCUT2D eigenvalue weighted by Crippen LogP contribution is -2.44. The first-order valence-corrected chi connectivity index (χ1v) is 14.1. The molecular weight excluding hydrogens is 490 g/mol. The maximum atomic E-state index is 13.8. The molecule has 6 heteroatoms. The van der Waals surface area contributed by atoms with Crippen molar-refractivity contribution in [3.05, 3.63) is 89.5 Å². The van der Waals surface area contributed by atoms with Crippen LogP contribution in [0.3, 0.4) is 0 Å². The highest BCUT2D eigenvalue weighted by Gasteiger charge is 2.52. The topological polar surface area (TPSA) is 67.9 Å². The number of hydroxylamine groups is 2. The third kappa shape index (κ3) is 6.45. The van der Waals surface area contributed by atoms with Crippen LogP contribution in [0.2, 0.25) is 0 Å². The number of hydrogen-bond donors (Lipinski definition) is 0. The number of nitrogens with zero attached hydrogens (tertiary/aromatic N) is 1. The first-order valence-electron chi connectivity index (χ1n) is 14.1. The highest BCUT2D eigenvalue weighted by Crippen LogP contribution is 2.51. The van der Waals surface area contributed by atoms with Gasteiger partial charge in [-0.1, -0.05) is 51.0 Å². The van der Waals surface area contributed by atoms with Crippen LogP contribution >= 0.6 is 0 Å². The maximum absolute atomic E-state index is 13.8. The molecule has 6 nitrogen and oxygen atoms in total. The van der Waals surface area contributed by atoms with Crippen LogP contribution in [-0.4, -0.2) is 24.2 Å². The summed E-state index contributed by atoms with van der Waals surface area (Å²) in [7, 11) is 0. The second-order valence-electron chi connectivity index (χ2n) is 10.7. The smallest absolute Gasteiger partial charge is 0.343 e. The molecule has 0 N–H and O–H groups in total. The van der Waals surface area contributed by atoms with Crippen LogP contribution in [0.5, 0.6) is 17.2 Å². The number of benzene rings is 3. The quantitative estimate of drug-likeness (QED) is 0.136. The minimum absolute atomic E-state index is 0.433. The highest BCUT2D eigenvalue weighted by atomic mass is 16.5. The lowest BCUT2D eigenvalue weighted by Gasteiger charge is -2.37. The summed E-state index contributed by atoms with van der Waals surface area (Å²) in [4.78, 5) is 12.7. The molecular formula is C33H40NO5. The molecule has 0 unspecified atom stereocenters. The molecule has 1 fully saturated rings. The van der Waals surface area contributed by atoms with E-state index in [2.05, 4.69) is 13.8 Å². The molecule has 1 heterocycles. The SMILES string of the molecule is CCCCOc1ccc(OC(=O)c2ccc([C@]3(C)CC[C@@](C)(c4ccc(OCCCC)cc4)N3[O])cc2)cc1. The monoisotopic (exact) mass is 530 g/mol. The van der Waals surface area contributed by atoms with Crippen LogP contribution in [0.25, 0.3) is 0 Å². The van der Waals surface area contributed by atoms with E-state index in [4.69, 9.17) is 14.2 Å². The summed E-state index contributed by atoms with van der Waals surface area (Å²) < 4.78 is 17.0. The van der Waals surface area contributed by atoms with E-state index in [9.17, 15) is 10.0 Å². The van der Waals surface area contributed by atoms with Crippen molar-refractivity contribution in [2.24, 2.45) is 0 Å². The van der Waals surface area contributed by atoms with Gasteiger partial charge in [-0.05, 0) is 99.2 Å². The van der Waals surface area contributed by atoms with Crippen molar-refractivity contribution in [1.82, 2.24) is 5.06 Å². The zero-order chi connectivity index (χ0) is 27.9. The molecule has 0 saturated carbocycles. The van der Waals surface area contributed by atoms with Gasteiger partial charge in [0.2, 0.25) is 0 Å². The number of carbonyl (C=O) groups excluding carboxylic acids is 1. The molecule has 0 bridgehead atoms. The number of unbranched alkanes of at least 4 members (excludes halogenated alkanes) is 2. The van der Waals surface area contributed by atoms with E-state index in [1.54, 1.807) is 36.4 Å². The van der Waals surface area contributed by atoms with E-state index >= 15 is 0 Å². The summed E-state index contributed by atoms with van der Waals surface area (Å²) in [6.45, 7) is 9.60. The molecule has 4 rings (SSSR count). The molecule has 2 atom stereocenters. The van der Waals surface area contributed by atoms with Gasteiger partial charge in [0.15, 0.2) is 0 Å². The molecule has 39 heavy (non-hydrogen) atoms. The van der Waals surface area contributed by atoms with E-state index in [1.807, 2.05) is 50.2 Å². The van der Waals surface area contributed by atoms with Crippen LogP contribution in [-0.2, 0) is 16.3 Å². The first-order chi connectivity index (χ1) is 18.8. The second kappa shape index (κ2) is 12.7.